The predicted molar refractivity (Wildman–Crippen MR) is 428 cm³/mol. The average Bonchev–Trinajstić information content (AvgIpc) is 1.59. The lowest BCUT2D eigenvalue weighted by Gasteiger charge is -2.24. The Kier molecular flexibility index (Phi) is 25.7. The van der Waals surface area contributed by atoms with E-state index in [0.29, 0.717) is 127 Å². The number of ketones is 2. The van der Waals surface area contributed by atoms with Gasteiger partial charge in [0.1, 0.15) is 120 Å². The van der Waals surface area contributed by atoms with E-state index in [1.807, 2.05) is 41.4 Å². The van der Waals surface area contributed by atoms with Gasteiger partial charge in [-0.1, -0.05) is 83.6 Å². The van der Waals surface area contributed by atoms with Gasteiger partial charge in [-0.3, -0.25) is 37.3 Å². The monoisotopic (exact) mass is 1750 g/mol. The van der Waals surface area contributed by atoms with Crippen LogP contribution in [0.5, 0.6) is 0 Å². The van der Waals surface area contributed by atoms with Crippen LogP contribution >= 0.6 is 31.9 Å². The first-order valence-corrected chi connectivity index (χ1v) is 39.9. The van der Waals surface area contributed by atoms with Crippen molar-refractivity contribution in [3.05, 3.63) is 84.2 Å². The molecule has 10 aromatic heterocycles. The number of azide groups is 2. The first kappa shape index (κ1) is 85.1. The van der Waals surface area contributed by atoms with Gasteiger partial charge in [-0.2, -0.15) is 0 Å². The van der Waals surface area contributed by atoms with Crippen molar-refractivity contribution >= 4 is 128 Å². The zero-order valence-electron chi connectivity index (χ0n) is 66.2. The van der Waals surface area contributed by atoms with E-state index >= 15 is 0 Å². The molecule has 8 fully saturated rings. The normalized spacial score (nSPS) is 30.9. The Morgan fingerprint density at radius 1 is 0.479 bits per heavy atom. The summed E-state index contributed by atoms with van der Waals surface area (Å²) < 4.78 is 63.2. The van der Waals surface area contributed by atoms with Gasteiger partial charge < -0.3 is 82.1 Å². The lowest BCUT2D eigenvalue weighted by atomic mass is 9.92. The van der Waals surface area contributed by atoms with Crippen molar-refractivity contribution in [1.82, 2.24) is 102 Å². The van der Waals surface area contributed by atoms with Gasteiger partial charge in [-0.15, -0.1) is 0 Å². The molecule has 23 atom stereocenters. The van der Waals surface area contributed by atoms with Gasteiger partial charge in [0.05, 0.1) is 86.6 Å². The number of carbonyl (C=O) groups is 2. The predicted octanol–water partition coefficient (Wildman–Crippen LogP) is 5.96. The van der Waals surface area contributed by atoms with E-state index < -0.39 is 36.2 Å². The van der Waals surface area contributed by atoms with Gasteiger partial charge in [0.15, 0.2) is 81.4 Å². The van der Waals surface area contributed by atoms with E-state index in [9.17, 15) is 14.7 Å². The summed E-state index contributed by atoms with van der Waals surface area (Å²) in [5, 5.41) is 17.4. The number of ether oxygens (including phenoxy) is 9. The molecule has 10 aromatic rings. The van der Waals surface area contributed by atoms with Gasteiger partial charge >= 0.3 is 0 Å². The molecule has 0 aliphatic carbocycles. The molecule has 0 bridgehead atoms. The molecule has 0 saturated carbocycles. The minimum atomic E-state index is -0.754. The van der Waals surface area contributed by atoms with Gasteiger partial charge in [0.2, 0.25) is 0 Å². The molecule has 8 aliphatic rings. The highest BCUT2D eigenvalue weighted by molar-refractivity contribution is 9.12. The maximum atomic E-state index is 11.4. The van der Waals surface area contributed by atoms with Crippen LogP contribution in [0.2, 0.25) is 0 Å². The van der Waals surface area contributed by atoms with Crippen LogP contribution in [0.4, 0.5) is 29.1 Å². The van der Waals surface area contributed by atoms with Crippen LogP contribution in [0, 0.1) is 35.5 Å². The lowest BCUT2D eigenvalue weighted by Crippen LogP contribution is -2.31. The third-order valence-electron chi connectivity index (χ3n) is 22.3. The molecule has 47 heteroatoms. The summed E-state index contributed by atoms with van der Waals surface area (Å²) in [7, 11) is 0. The second-order valence-corrected chi connectivity index (χ2v) is 32.3. The Bertz CT molecular complexity index is 5290. The minimum Gasteiger partial charge on any atom is -0.394 e. The number of hydrogen-bond donors (Lipinski definition) is 7. The Morgan fingerprint density at radius 3 is 1.10 bits per heavy atom. The summed E-state index contributed by atoms with van der Waals surface area (Å²) in [4.78, 5) is 91.8. The maximum absolute atomic E-state index is 11.4. The number of Topliss-reactive ketones (excluding diaryl/α,β-unsaturated/α-hetero) is 2. The number of carbonyl (C=O) groups excluding carboxylic acids is 2. The minimum absolute atomic E-state index is 0.00694. The van der Waals surface area contributed by atoms with Crippen LogP contribution in [-0.4, -0.2) is 241 Å². The highest BCUT2D eigenvalue weighted by Gasteiger charge is 2.58. The Morgan fingerprint density at radius 2 is 0.786 bits per heavy atom. The molecular formula is C70H95Br2N33O12. The maximum Gasteiger partial charge on any atom is 0.167 e. The van der Waals surface area contributed by atoms with Crippen molar-refractivity contribution in [2.24, 2.45) is 51.5 Å². The first-order valence-electron chi connectivity index (χ1n) is 37.8. The number of aliphatic hydroxyl groups is 1. The summed E-state index contributed by atoms with van der Waals surface area (Å²) >= 11 is 6.29. The number of fused-ring (bicyclic) bond motifs is 7. The van der Waals surface area contributed by atoms with Crippen LogP contribution < -0.4 is 34.4 Å². The summed E-state index contributed by atoms with van der Waals surface area (Å²) in [6, 6.07) is 0.0803. The second-order valence-electron chi connectivity index (χ2n) is 30.6. The van der Waals surface area contributed by atoms with Crippen molar-refractivity contribution in [3.8, 4) is 0 Å². The number of halogens is 2. The van der Waals surface area contributed by atoms with Gasteiger partial charge in [-0.05, 0) is 70.4 Å². The van der Waals surface area contributed by atoms with Crippen molar-refractivity contribution in [1.29, 1.82) is 0 Å². The van der Waals surface area contributed by atoms with Gasteiger partial charge in [0.25, 0.3) is 0 Å². The summed E-state index contributed by atoms with van der Waals surface area (Å²) in [6.07, 6.45) is 11.6. The number of alkyl halides is 2. The van der Waals surface area contributed by atoms with Crippen molar-refractivity contribution in [3.63, 3.8) is 0 Å². The molecule has 18 rings (SSSR count). The zero-order valence-corrected chi connectivity index (χ0v) is 69.3. The van der Waals surface area contributed by atoms with E-state index in [1.165, 1.54) is 31.6 Å². The van der Waals surface area contributed by atoms with E-state index in [1.54, 1.807) is 54.6 Å². The summed E-state index contributed by atoms with van der Waals surface area (Å²) in [5.41, 5.74) is 57.8. The number of anilines is 5. The third-order valence-corrected chi connectivity index (χ3v) is 24.8. The Labute approximate surface area is 685 Å². The smallest absolute Gasteiger partial charge is 0.167 e. The number of nitrogens with zero attached hydrogens (tertiary/aromatic N) is 27. The molecule has 117 heavy (non-hydrogen) atoms. The number of nitrogen functional groups attached to an aromatic ring is 5. The molecule has 18 heterocycles. The standard InChI is InChI=1S/C16H22N6O2.C13H16N8O3.C13H17N5O4.C12H16N8O.C12H18N6O.C4H6Br2O/c1-8-9(2)16(24-12(8)5-21-4-11(21)10(3)23)22-7-20-13-14(17)18-6-19-15(13)22;1-13(2)23-8-6(3-19-20-15)22-12(9(8)24-13)21-5-18-7-10(14)16-4-17-11(7)21;1-13(2)21-8-6(3-19)20-12(9(8)22-13)18-5-17-7-10(14)15-4-16-11(7)18;1-6-7(2)12(21-8(6)3-18-19-14)20-5-17-9-10(13)15-4-16-11(9)20;1-6-7(2)12(19-8(6)3-13)18-5-17-9-10(14)15-4-16-11(9)18;1-3(7)4(6)2-5/h6-9,11-12,16H,4-5H2,1-3H3,(H2,17,18,19);4-6,8-9,12H,3H2,1-2H3,(H2,14,16,17);4-6,8-9,12,19H,3H2,1-2H3,(H2,14,15,16);4-8,12H,3H2,1-2H3,(H2,13,15,16);4-8,12H,3,13H2,1-2H3,(H2,14,15,16);4H,2H2,1H3/t8-,9?,11?,12-,16-,21?;2*6-,8+,9?,12-;2*6-,7?,8-,12-;/m11111./s1. The molecule has 0 amide bonds. The fraction of sp³-hybridized carbons (Fsp3) is 0.614. The molecule has 8 saturated heterocycles. The van der Waals surface area contributed by atoms with E-state index in [4.69, 9.17) is 88.1 Å². The number of aliphatic hydroxyl groups excluding tert-OH is 1. The Balaban J connectivity index is 0.000000125. The molecule has 0 spiro atoms. The molecule has 8 aliphatic heterocycles. The van der Waals surface area contributed by atoms with E-state index in [0.717, 1.165) is 13.1 Å². The fourth-order valence-electron chi connectivity index (χ4n) is 15.4. The molecule has 45 nitrogen and oxygen atoms in total. The van der Waals surface area contributed by atoms with Crippen LogP contribution in [0.15, 0.2) is 73.5 Å². The number of hydrogen-bond acceptors (Lipinski definition) is 36. The highest BCUT2D eigenvalue weighted by Crippen LogP contribution is 2.48. The van der Waals surface area contributed by atoms with Gasteiger partial charge in [0, 0.05) is 52.5 Å². The molecule has 0 radical (unpaired) electrons. The number of rotatable bonds is 16. The van der Waals surface area contributed by atoms with Crippen LogP contribution in [0.1, 0.15) is 114 Å². The topological polar surface area (TPSA) is 612 Å². The Hall–Kier alpha value is -9.81. The van der Waals surface area contributed by atoms with Gasteiger partial charge in [-0.25, -0.2) is 74.8 Å². The highest BCUT2D eigenvalue weighted by atomic mass is 79.9. The molecule has 626 valence electrons. The second kappa shape index (κ2) is 35.4. The van der Waals surface area contributed by atoms with E-state index in [-0.39, 0.29) is 109 Å². The number of nitrogens with two attached hydrogens (primary N) is 6. The molecular weight excluding hydrogens is 1650 g/mol. The van der Waals surface area contributed by atoms with Crippen molar-refractivity contribution in [2.75, 3.05) is 73.3 Å². The molecule has 0 aromatic carbocycles. The number of imidazole rings is 5. The molecule has 13 N–H and O–H groups in total. The first-order chi connectivity index (χ1) is 55.9. The largest absolute Gasteiger partial charge is 0.394 e. The lowest BCUT2D eigenvalue weighted by molar-refractivity contribution is -0.199. The zero-order chi connectivity index (χ0) is 83.8. The van der Waals surface area contributed by atoms with Crippen molar-refractivity contribution < 1.29 is 57.3 Å². The fourth-order valence-corrected chi connectivity index (χ4v) is 15.9. The average molecular weight is 1750 g/mol. The number of aromatic nitrogens is 20. The van der Waals surface area contributed by atoms with Crippen LogP contribution in [0.25, 0.3) is 76.7 Å². The van der Waals surface area contributed by atoms with E-state index in [2.05, 4.69) is 173 Å². The summed E-state index contributed by atoms with van der Waals surface area (Å²) in [5.74, 6) is 2.54. The van der Waals surface area contributed by atoms with Crippen LogP contribution in [0.3, 0.4) is 0 Å². The quantitative estimate of drug-likeness (QED) is 0.0193. The third kappa shape index (κ3) is 17.4. The molecule has 8 unspecified atom stereocenters. The van der Waals surface area contributed by atoms with Crippen LogP contribution in [-0.2, 0) is 52.2 Å². The van der Waals surface area contributed by atoms with Crippen molar-refractivity contribution in [2.45, 2.75) is 192 Å². The SMILES string of the molecule is CC(=O)C(Br)CBr.CC(=O)C1CN1C[C@H]1O[C@@H](n2cnc3c(N)ncnc32)C(C)[C@H]1C.CC1(C)OC2[C@@H](O1)[C@@H](CN=[N+]=[N-])O[C@H]2n1cnc2c(N)ncnc21.CC1(C)OC2[C@@H](O1)[C@@H](CO)O[C@H]2n1cnc2c(N)ncnc21.CC1[C@@H](C)[C@@H](CN)O[C@H]1n1cnc2c(N)ncnc21.CC1[C@@H](C)[C@@H](CN=[N+]=[N-])O[C@H]1n1cnc2c(N)ncnc21. The summed E-state index contributed by atoms with van der Waals surface area (Å²) in [6.45, 7) is 25.9.